The predicted molar refractivity (Wildman–Crippen MR) is 63.1 cm³/mol. The number of hydrogen-bond donors (Lipinski definition) is 1. The number of benzene rings is 1. The van der Waals surface area contributed by atoms with Crippen molar-refractivity contribution in [2.24, 2.45) is 0 Å². The fourth-order valence-electron chi connectivity index (χ4n) is 2.13. The van der Waals surface area contributed by atoms with Crippen molar-refractivity contribution in [3.63, 3.8) is 0 Å². The molecule has 1 saturated carbocycles. The van der Waals surface area contributed by atoms with Crippen LogP contribution < -0.4 is 5.32 Å². The molecule has 2 atom stereocenters. The summed E-state index contributed by atoms with van der Waals surface area (Å²) in [6.07, 6.45) is 2.96. The van der Waals surface area contributed by atoms with E-state index in [1.54, 1.807) is 6.26 Å². The summed E-state index contributed by atoms with van der Waals surface area (Å²) in [5, 5.41) is 3.51. The molecule has 0 radical (unpaired) electrons. The lowest BCUT2D eigenvalue weighted by atomic mass is 10.1. The van der Waals surface area contributed by atoms with Crippen molar-refractivity contribution in [3.05, 3.63) is 60.1 Å². The van der Waals surface area contributed by atoms with Crippen LogP contribution in [0.1, 0.15) is 23.7 Å². The Hall–Kier alpha value is -1.54. The molecule has 2 unspecified atom stereocenters. The summed E-state index contributed by atoms with van der Waals surface area (Å²) in [6, 6.07) is 15.3. The lowest BCUT2D eigenvalue weighted by Crippen LogP contribution is -2.16. The van der Waals surface area contributed by atoms with Gasteiger partial charge in [0.2, 0.25) is 0 Å². The fraction of sp³-hybridized carbons (Fsp3) is 0.286. The van der Waals surface area contributed by atoms with E-state index in [1.807, 2.05) is 12.1 Å². The van der Waals surface area contributed by atoms with Crippen LogP contribution in [0.25, 0.3) is 0 Å². The van der Waals surface area contributed by atoms with Gasteiger partial charge in [0.1, 0.15) is 5.76 Å². The summed E-state index contributed by atoms with van der Waals surface area (Å²) in [4.78, 5) is 0. The van der Waals surface area contributed by atoms with Crippen molar-refractivity contribution in [1.82, 2.24) is 5.32 Å². The van der Waals surface area contributed by atoms with Gasteiger partial charge in [-0.15, -0.1) is 0 Å². The minimum atomic E-state index is 0.618. The quantitative estimate of drug-likeness (QED) is 0.844. The molecule has 2 aromatic rings. The third-order valence-electron chi connectivity index (χ3n) is 3.14. The largest absolute Gasteiger partial charge is 0.468 e. The Morgan fingerprint density at radius 3 is 2.75 bits per heavy atom. The average molecular weight is 213 g/mol. The average Bonchev–Trinajstić information content (AvgIpc) is 2.93. The lowest BCUT2D eigenvalue weighted by Gasteiger charge is -2.02. The fourth-order valence-corrected chi connectivity index (χ4v) is 2.13. The van der Waals surface area contributed by atoms with E-state index in [4.69, 9.17) is 4.42 Å². The molecule has 0 spiro atoms. The first-order valence-corrected chi connectivity index (χ1v) is 5.74. The molecule has 82 valence electrons. The van der Waals surface area contributed by atoms with E-state index in [-0.39, 0.29) is 0 Å². The van der Waals surface area contributed by atoms with Crippen molar-refractivity contribution >= 4 is 0 Å². The van der Waals surface area contributed by atoms with E-state index in [2.05, 4.69) is 35.6 Å². The summed E-state index contributed by atoms with van der Waals surface area (Å²) < 4.78 is 5.29. The monoisotopic (exact) mass is 213 g/mol. The van der Waals surface area contributed by atoms with Gasteiger partial charge >= 0.3 is 0 Å². The second kappa shape index (κ2) is 4.14. The maximum atomic E-state index is 5.29. The van der Waals surface area contributed by atoms with Crippen LogP contribution in [0.5, 0.6) is 0 Å². The molecule has 2 heteroatoms. The van der Waals surface area contributed by atoms with E-state index in [0.717, 1.165) is 12.3 Å². The molecule has 0 bridgehead atoms. The molecule has 2 nitrogen and oxygen atoms in total. The van der Waals surface area contributed by atoms with Crippen molar-refractivity contribution in [1.29, 1.82) is 0 Å². The van der Waals surface area contributed by atoms with Crippen LogP contribution >= 0.6 is 0 Å². The molecule has 0 amide bonds. The molecule has 1 heterocycles. The zero-order valence-electron chi connectivity index (χ0n) is 9.10. The lowest BCUT2D eigenvalue weighted by molar-refractivity contribution is 0.480. The van der Waals surface area contributed by atoms with Crippen LogP contribution in [0.2, 0.25) is 0 Å². The molecule has 0 saturated heterocycles. The van der Waals surface area contributed by atoms with Crippen LogP contribution in [-0.4, -0.2) is 6.04 Å². The van der Waals surface area contributed by atoms with E-state index in [9.17, 15) is 0 Å². The van der Waals surface area contributed by atoms with Gasteiger partial charge in [-0.3, -0.25) is 0 Å². The summed E-state index contributed by atoms with van der Waals surface area (Å²) >= 11 is 0. The Balaban J connectivity index is 1.53. The smallest absolute Gasteiger partial charge is 0.117 e. The van der Waals surface area contributed by atoms with E-state index in [1.165, 1.54) is 12.0 Å². The Morgan fingerprint density at radius 1 is 1.12 bits per heavy atom. The Labute approximate surface area is 95.3 Å². The minimum Gasteiger partial charge on any atom is -0.468 e. The highest BCUT2D eigenvalue weighted by molar-refractivity contribution is 5.27. The molecular weight excluding hydrogens is 198 g/mol. The third-order valence-corrected chi connectivity index (χ3v) is 3.14. The molecule has 1 fully saturated rings. The number of nitrogens with one attached hydrogen (secondary N) is 1. The standard InChI is InChI=1S/C14H15NO/c1-2-5-11(6-3-1)13-9-14(13)15-10-12-7-4-8-16-12/h1-8,13-15H,9-10H2. The molecule has 1 aromatic heterocycles. The number of furan rings is 1. The highest BCUT2D eigenvalue weighted by Gasteiger charge is 2.37. The topological polar surface area (TPSA) is 25.2 Å². The normalized spacial score (nSPS) is 23.2. The molecule has 1 aliphatic carbocycles. The van der Waals surface area contributed by atoms with Crippen LogP contribution in [0.4, 0.5) is 0 Å². The summed E-state index contributed by atoms with van der Waals surface area (Å²) in [5.41, 5.74) is 1.44. The van der Waals surface area contributed by atoms with Gasteiger partial charge in [-0.05, 0) is 24.1 Å². The summed E-state index contributed by atoms with van der Waals surface area (Å²) in [5.74, 6) is 1.70. The van der Waals surface area contributed by atoms with Crippen LogP contribution in [0.3, 0.4) is 0 Å². The van der Waals surface area contributed by atoms with Gasteiger partial charge in [0.15, 0.2) is 0 Å². The van der Waals surface area contributed by atoms with Crippen LogP contribution in [0.15, 0.2) is 53.1 Å². The maximum absolute atomic E-state index is 5.29. The van der Waals surface area contributed by atoms with Crippen molar-refractivity contribution < 1.29 is 4.42 Å². The van der Waals surface area contributed by atoms with Crippen molar-refractivity contribution in [2.75, 3.05) is 0 Å². The van der Waals surface area contributed by atoms with Gasteiger partial charge in [0, 0.05) is 12.0 Å². The van der Waals surface area contributed by atoms with E-state index in [0.29, 0.717) is 12.0 Å². The first kappa shape index (κ1) is 9.67. The van der Waals surface area contributed by atoms with Gasteiger partial charge in [-0.2, -0.15) is 0 Å². The molecule has 16 heavy (non-hydrogen) atoms. The van der Waals surface area contributed by atoms with Gasteiger partial charge < -0.3 is 9.73 Å². The number of hydrogen-bond acceptors (Lipinski definition) is 2. The molecule has 1 N–H and O–H groups in total. The van der Waals surface area contributed by atoms with Crippen LogP contribution in [0, 0.1) is 0 Å². The van der Waals surface area contributed by atoms with Gasteiger partial charge in [0.25, 0.3) is 0 Å². The van der Waals surface area contributed by atoms with Crippen molar-refractivity contribution in [3.8, 4) is 0 Å². The first-order chi connectivity index (χ1) is 7.93. The van der Waals surface area contributed by atoms with Crippen molar-refractivity contribution in [2.45, 2.75) is 24.9 Å². The highest BCUT2D eigenvalue weighted by Crippen LogP contribution is 2.40. The Kier molecular flexibility index (Phi) is 2.50. The van der Waals surface area contributed by atoms with Gasteiger partial charge in [-0.25, -0.2) is 0 Å². The minimum absolute atomic E-state index is 0.618. The highest BCUT2D eigenvalue weighted by atomic mass is 16.3. The van der Waals surface area contributed by atoms with E-state index < -0.39 is 0 Å². The molecule has 3 rings (SSSR count). The number of rotatable bonds is 4. The van der Waals surface area contributed by atoms with Gasteiger partial charge in [-0.1, -0.05) is 30.3 Å². The zero-order valence-corrected chi connectivity index (χ0v) is 9.10. The first-order valence-electron chi connectivity index (χ1n) is 5.74. The molecule has 1 aliphatic rings. The molecule has 0 aliphatic heterocycles. The summed E-state index contributed by atoms with van der Waals surface area (Å²) in [7, 11) is 0. The SMILES string of the molecule is c1ccc(C2CC2NCc2ccco2)cc1. The second-order valence-electron chi connectivity index (χ2n) is 4.32. The maximum Gasteiger partial charge on any atom is 0.117 e. The summed E-state index contributed by atoms with van der Waals surface area (Å²) in [6.45, 7) is 0.834. The molecular formula is C14H15NO. The molecule has 1 aromatic carbocycles. The van der Waals surface area contributed by atoms with Gasteiger partial charge in [0.05, 0.1) is 12.8 Å². The van der Waals surface area contributed by atoms with Crippen LogP contribution in [-0.2, 0) is 6.54 Å². The Morgan fingerprint density at radius 2 is 2.00 bits per heavy atom. The predicted octanol–water partition coefficient (Wildman–Crippen LogP) is 2.93. The Bertz CT molecular complexity index is 435. The third kappa shape index (κ3) is 2.02. The second-order valence-corrected chi connectivity index (χ2v) is 4.32. The zero-order chi connectivity index (χ0) is 10.8. The van der Waals surface area contributed by atoms with E-state index >= 15 is 0 Å².